The first-order chi connectivity index (χ1) is 12.6. The standard InChI is InChI=1S/C23H30O4/c1-5-22(27-15(2)24)11-9-18-19-7-6-16-14-17(25)8-10-20(16,3)23(19,26)13-12-21(18,22)4/h1,14,18-19,26H,6-13H2,2-4H3/t18-,19-,20-,21-,22+,23+/m0/s1. The molecule has 0 aliphatic heterocycles. The van der Waals surface area contributed by atoms with E-state index in [4.69, 9.17) is 11.2 Å². The Labute approximate surface area is 161 Å². The Morgan fingerprint density at radius 3 is 2.59 bits per heavy atom. The molecular weight excluding hydrogens is 340 g/mol. The number of hydrogen-bond donors (Lipinski definition) is 1. The summed E-state index contributed by atoms with van der Waals surface area (Å²) in [5, 5.41) is 12.0. The van der Waals surface area contributed by atoms with E-state index in [1.54, 1.807) is 6.08 Å². The minimum absolute atomic E-state index is 0.123. The number of fused-ring (bicyclic) bond motifs is 5. The van der Waals surface area contributed by atoms with E-state index in [1.165, 1.54) is 6.92 Å². The van der Waals surface area contributed by atoms with Gasteiger partial charge < -0.3 is 9.84 Å². The molecule has 4 nitrogen and oxygen atoms in total. The van der Waals surface area contributed by atoms with Gasteiger partial charge in [-0.3, -0.25) is 9.59 Å². The lowest BCUT2D eigenvalue weighted by atomic mass is 9.44. The van der Waals surface area contributed by atoms with Crippen molar-refractivity contribution in [2.24, 2.45) is 22.7 Å². The van der Waals surface area contributed by atoms with E-state index in [0.29, 0.717) is 19.3 Å². The van der Waals surface area contributed by atoms with Crippen molar-refractivity contribution in [3.05, 3.63) is 11.6 Å². The van der Waals surface area contributed by atoms with Crippen molar-refractivity contribution in [2.45, 2.75) is 83.3 Å². The maximum absolute atomic E-state index is 12.0. The smallest absolute Gasteiger partial charge is 0.304 e. The number of carbonyl (C=O) groups excluding carboxylic acids is 2. The Hall–Kier alpha value is -1.60. The molecule has 0 heterocycles. The zero-order chi connectivity index (χ0) is 19.7. The molecule has 0 aromatic rings. The summed E-state index contributed by atoms with van der Waals surface area (Å²) in [4.78, 5) is 23.7. The molecule has 6 atom stereocenters. The van der Waals surface area contributed by atoms with Crippen LogP contribution in [0.2, 0.25) is 0 Å². The quantitative estimate of drug-likeness (QED) is 0.566. The first-order valence-electron chi connectivity index (χ1n) is 10.3. The first-order valence-corrected chi connectivity index (χ1v) is 10.3. The maximum atomic E-state index is 12.0. The number of carbonyl (C=O) groups is 2. The van der Waals surface area contributed by atoms with E-state index in [-0.39, 0.29) is 34.4 Å². The third-order valence-electron chi connectivity index (χ3n) is 8.82. The molecule has 27 heavy (non-hydrogen) atoms. The summed E-state index contributed by atoms with van der Waals surface area (Å²) in [7, 11) is 0. The summed E-state index contributed by atoms with van der Waals surface area (Å²) in [5.41, 5.74) is -1.21. The van der Waals surface area contributed by atoms with Crippen molar-refractivity contribution in [1.82, 2.24) is 0 Å². The molecule has 1 N–H and O–H groups in total. The molecule has 0 aromatic carbocycles. The van der Waals surface area contributed by atoms with Crippen LogP contribution in [-0.2, 0) is 14.3 Å². The third kappa shape index (κ3) is 2.21. The molecule has 0 aromatic heterocycles. The molecule has 146 valence electrons. The normalized spacial score (nSPS) is 48.6. The van der Waals surface area contributed by atoms with E-state index < -0.39 is 11.2 Å². The predicted molar refractivity (Wildman–Crippen MR) is 101 cm³/mol. The third-order valence-corrected chi connectivity index (χ3v) is 8.82. The van der Waals surface area contributed by atoms with Crippen molar-refractivity contribution in [3.8, 4) is 12.3 Å². The molecule has 0 amide bonds. The number of terminal acetylenes is 1. The number of rotatable bonds is 1. The second-order valence-electron chi connectivity index (χ2n) is 9.67. The van der Waals surface area contributed by atoms with Gasteiger partial charge in [0, 0.05) is 24.2 Å². The molecule has 0 saturated heterocycles. The van der Waals surface area contributed by atoms with Crippen molar-refractivity contribution in [3.63, 3.8) is 0 Å². The summed E-state index contributed by atoms with van der Waals surface area (Å²) < 4.78 is 5.77. The van der Waals surface area contributed by atoms with Gasteiger partial charge in [0.15, 0.2) is 11.4 Å². The fraction of sp³-hybridized carbons (Fsp3) is 0.739. The Bertz CT molecular complexity index is 776. The van der Waals surface area contributed by atoms with Crippen molar-refractivity contribution >= 4 is 11.8 Å². The number of esters is 1. The van der Waals surface area contributed by atoms with Crippen LogP contribution in [-0.4, -0.2) is 28.1 Å². The Morgan fingerprint density at radius 1 is 1.19 bits per heavy atom. The van der Waals surface area contributed by atoms with Crippen LogP contribution < -0.4 is 0 Å². The van der Waals surface area contributed by atoms with Crippen LogP contribution in [0, 0.1) is 35.0 Å². The topological polar surface area (TPSA) is 63.6 Å². The van der Waals surface area contributed by atoms with Gasteiger partial charge in [-0.05, 0) is 62.9 Å². The van der Waals surface area contributed by atoms with Crippen LogP contribution in [0.4, 0.5) is 0 Å². The minimum atomic E-state index is -0.871. The zero-order valence-electron chi connectivity index (χ0n) is 16.6. The highest BCUT2D eigenvalue weighted by Gasteiger charge is 2.70. The molecule has 4 heteroatoms. The van der Waals surface area contributed by atoms with Crippen molar-refractivity contribution in [2.75, 3.05) is 0 Å². The highest BCUT2D eigenvalue weighted by Crippen LogP contribution is 2.69. The Morgan fingerprint density at radius 2 is 1.93 bits per heavy atom. The van der Waals surface area contributed by atoms with Gasteiger partial charge in [-0.25, -0.2) is 0 Å². The molecule has 4 aliphatic carbocycles. The molecule has 3 fully saturated rings. The number of aliphatic hydroxyl groups is 1. The zero-order valence-corrected chi connectivity index (χ0v) is 16.6. The Balaban J connectivity index is 1.74. The fourth-order valence-corrected chi connectivity index (χ4v) is 7.18. The minimum Gasteiger partial charge on any atom is -0.445 e. The number of ether oxygens (including phenoxy) is 1. The lowest BCUT2D eigenvalue weighted by Gasteiger charge is -2.63. The summed E-state index contributed by atoms with van der Waals surface area (Å²) in [6, 6.07) is 0. The molecule has 0 unspecified atom stereocenters. The van der Waals surface area contributed by atoms with E-state index >= 15 is 0 Å². The van der Waals surface area contributed by atoms with E-state index in [2.05, 4.69) is 19.8 Å². The van der Waals surface area contributed by atoms with E-state index in [1.807, 2.05) is 0 Å². The van der Waals surface area contributed by atoms with Crippen LogP contribution in [0.3, 0.4) is 0 Å². The van der Waals surface area contributed by atoms with Gasteiger partial charge in [-0.2, -0.15) is 0 Å². The summed E-state index contributed by atoms with van der Waals surface area (Å²) in [5.74, 6) is 3.05. The van der Waals surface area contributed by atoms with Crippen LogP contribution in [0.5, 0.6) is 0 Å². The van der Waals surface area contributed by atoms with Crippen LogP contribution in [0.1, 0.15) is 72.1 Å². The van der Waals surface area contributed by atoms with Gasteiger partial charge in [-0.15, -0.1) is 6.42 Å². The Kier molecular flexibility index (Phi) is 3.96. The predicted octanol–water partition coefficient (Wildman–Crippen LogP) is 3.57. The van der Waals surface area contributed by atoms with Crippen LogP contribution in [0.15, 0.2) is 11.6 Å². The largest absolute Gasteiger partial charge is 0.445 e. The fourth-order valence-electron chi connectivity index (χ4n) is 7.18. The van der Waals surface area contributed by atoms with Gasteiger partial charge in [-0.1, -0.05) is 25.3 Å². The van der Waals surface area contributed by atoms with Crippen molar-refractivity contribution in [1.29, 1.82) is 0 Å². The van der Waals surface area contributed by atoms with Crippen LogP contribution in [0.25, 0.3) is 0 Å². The first kappa shape index (κ1) is 18.7. The second-order valence-corrected chi connectivity index (χ2v) is 9.67. The molecule has 0 spiro atoms. The van der Waals surface area contributed by atoms with Gasteiger partial charge in [0.25, 0.3) is 0 Å². The summed E-state index contributed by atoms with van der Waals surface area (Å²) in [6.07, 6.45) is 13.6. The lowest BCUT2D eigenvalue weighted by Crippen LogP contribution is -2.64. The second kappa shape index (κ2) is 5.70. The number of ketones is 1. The molecule has 4 rings (SSSR count). The molecule has 0 bridgehead atoms. The molecule has 4 aliphatic rings. The lowest BCUT2D eigenvalue weighted by molar-refractivity contribution is -0.209. The monoisotopic (exact) mass is 370 g/mol. The SMILES string of the molecule is C#C[C@@]1(OC(C)=O)CC[C@H]2[C@@H]3CCC4=CC(=O)CC[C@]4(C)[C@@]3(O)CC[C@@]21C. The average molecular weight is 370 g/mol. The molecule has 0 radical (unpaired) electrons. The van der Waals surface area contributed by atoms with Crippen molar-refractivity contribution < 1.29 is 19.4 Å². The summed E-state index contributed by atoms with van der Waals surface area (Å²) >= 11 is 0. The number of hydrogen-bond acceptors (Lipinski definition) is 4. The summed E-state index contributed by atoms with van der Waals surface area (Å²) in [6.45, 7) is 5.73. The maximum Gasteiger partial charge on any atom is 0.304 e. The molecular formula is C23H30O4. The average Bonchev–Trinajstić information content (AvgIpc) is 2.89. The van der Waals surface area contributed by atoms with E-state index in [9.17, 15) is 14.7 Å². The highest BCUT2D eigenvalue weighted by atomic mass is 16.6. The molecule has 3 saturated carbocycles. The van der Waals surface area contributed by atoms with Gasteiger partial charge in [0.1, 0.15) is 0 Å². The van der Waals surface area contributed by atoms with E-state index in [0.717, 1.165) is 37.7 Å². The van der Waals surface area contributed by atoms with Gasteiger partial charge in [0.2, 0.25) is 0 Å². The van der Waals surface area contributed by atoms with Gasteiger partial charge >= 0.3 is 5.97 Å². The highest BCUT2D eigenvalue weighted by molar-refractivity contribution is 5.91. The van der Waals surface area contributed by atoms with Crippen LogP contribution >= 0.6 is 0 Å². The van der Waals surface area contributed by atoms with Gasteiger partial charge in [0.05, 0.1) is 5.60 Å².